The van der Waals surface area contributed by atoms with Gasteiger partial charge < -0.3 is 20.5 Å². The molecule has 0 spiro atoms. The van der Waals surface area contributed by atoms with Gasteiger partial charge in [0.05, 0.1) is 30.2 Å². The number of carboxylic acids is 1. The lowest BCUT2D eigenvalue weighted by molar-refractivity contribution is 0.0408. The summed E-state index contributed by atoms with van der Waals surface area (Å²) in [5.74, 6) is -2.46. The SMILES string of the molecule is O=C(O)c1ccc(CCOCC(C2CCCCC2)C2(c3ccc(Cl)cc3)Nc3cc(F)c(F)cc3N2)cc1. The van der Waals surface area contributed by atoms with E-state index in [1.165, 1.54) is 18.6 Å². The molecule has 1 aliphatic heterocycles. The lowest BCUT2D eigenvalue weighted by Gasteiger charge is -2.44. The molecule has 0 amide bonds. The Morgan fingerprint density at radius 3 is 2.16 bits per heavy atom. The first-order valence-electron chi connectivity index (χ1n) is 13.1. The summed E-state index contributed by atoms with van der Waals surface area (Å²) >= 11 is 6.21. The number of rotatable bonds is 9. The zero-order valence-corrected chi connectivity index (χ0v) is 21.7. The highest BCUT2D eigenvalue weighted by Crippen LogP contribution is 2.49. The predicted octanol–water partition coefficient (Wildman–Crippen LogP) is 7.46. The van der Waals surface area contributed by atoms with Crippen LogP contribution in [0, 0.1) is 23.5 Å². The molecule has 2 aliphatic rings. The van der Waals surface area contributed by atoms with Crippen LogP contribution >= 0.6 is 11.6 Å². The molecule has 1 heterocycles. The molecular formula is C30H31ClF2N2O3. The monoisotopic (exact) mass is 540 g/mol. The number of anilines is 2. The molecule has 3 aromatic carbocycles. The highest BCUT2D eigenvalue weighted by atomic mass is 35.5. The Morgan fingerprint density at radius 2 is 1.58 bits per heavy atom. The van der Waals surface area contributed by atoms with E-state index in [0.29, 0.717) is 41.9 Å². The topological polar surface area (TPSA) is 70.6 Å². The summed E-state index contributed by atoms with van der Waals surface area (Å²) in [6, 6.07) is 16.8. The maximum absolute atomic E-state index is 14.2. The van der Waals surface area contributed by atoms with Crippen molar-refractivity contribution < 1.29 is 23.4 Å². The molecule has 1 saturated carbocycles. The average molecular weight is 541 g/mol. The number of hydrogen-bond acceptors (Lipinski definition) is 4. The van der Waals surface area contributed by atoms with Crippen molar-refractivity contribution in [3.05, 3.63) is 94.0 Å². The number of carboxylic acid groups (broad SMARTS) is 1. The Labute approximate surface area is 226 Å². The van der Waals surface area contributed by atoms with Crippen molar-refractivity contribution in [2.45, 2.75) is 44.2 Å². The normalized spacial score (nSPS) is 17.3. The Bertz CT molecular complexity index is 1250. The predicted molar refractivity (Wildman–Crippen MR) is 145 cm³/mol. The van der Waals surface area contributed by atoms with Gasteiger partial charge in [0.25, 0.3) is 0 Å². The smallest absolute Gasteiger partial charge is 0.335 e. The molecule has 1 fully saturated rings. The maximum atomic E-state index is 14.2. The van der Waals surface area contributed by atoms with Crippen molar-refractivity contribution in [1.82, 2.24) is 0 Å². The largest absolute Gasteiger partial charge is 0.478 e. The van der Waals surface area contributed by atoms with Crippen LogP contribution in [0.4, 0.5) is 20.2 Å². The minimum absolute atomic E-state index is 0.0446. The van der Waals surface area contributed by atoms with E-state index in [1.807, 2.05) is 24.3 Å². The third-order valence-electron chi connectivity index (χ3n) is 7.83. The quantitative estimate of drug-likeness (QED) is 0.246. The fraction of sp³-hybridized carbons (Fsp3) is 0.367. The van der Waals surface area contributed by atoms with E-state index in [4.69, 9.17) is 21.4 Å². The van der Waals surface area contributed by atoms with E-state index in [1.54, 1.807) is 24.3 Å². The van der Waals surface area contributed by atoms with Gasteiger partial charge in [0.2, 0.25) is 0 Å². The Morgan fingerprint density at radius 1 is 0.974 bits per heavy atom. The average Bonchev–Trinajstić information content (AvgIpc) is 3.28. The first kappa shape index (κ1) is 26.4. The van der Waals surface area contributed by atoms with Crippen LogP contribution in [0.5, 0.6) is 0 Å². The minimum atomic E-state index is -0.951. The summed E-state index contributed by atoms with van der Waals surface area (Å²) in [5.41, 5.74) is 2.35. The van der Waals surface area contributed by atoms with Crippen LogP contribution < -0.4 is 10.6 Å². The Balaban J connectivity index is 1.41. The second-order valence-corrected chi connectivity index (χ2v) is 10.6. The Kier molecular flexibility index (Phi) is 7.86. The van der Waals surface area contributed by atoms with E-state index < -0.39 is 23.3 Å². The maximum Gasteiger partial charge on any atom is 0.335 e. The number of carbonyl (C=O) groups is 1. The number of ether oxygens (including phenoxy) is 1. The van der Waals surface area contributed by atoms with Crippen molar-refractivity contribution >= 4 is 28.9 Å². The number of fused-ring (bicyclic) bond motifs is 1. The van der Waals surface area contributed by atoms with Crippen molar-refractivity contribution in [1.29, 1.82) is 0 Å². The first-order valence-corrected chi connectivity index (χ1v) is 13.4. The van der Waals surface area contributed by atoms with E-state index in [0.717, 1.165) is 36.8 Å². The second kappa shape index (κ2) is 11.3. The van der Waals surface area contributed by atoms with Gasteiger partial charge in [0, 0.05) is 23.1 Å². The number of aromatic carboxylic acids is 1. The molecule has 5 nitrogen and oxygen atoms in total. The molecule has 38 heavy (non-hydrogen) atoms. The molecule has 1 atom stereocenters. The summed E-state index contributed by atoms with van der Waals surface area (Å²) in [7, 11) is 0. The van der Waals surface area contributed by atoms with Gasteiger partial charge in [-0.25, -0.2) is 13.6 Å². The van der Waals surface area contributed by atoms with Crippen molar-refractivity contribution in [2.24, 2.45) is 11.8 Å². The molecule has 200 valence electrons. The number of halogens is 3. The van der Waals surface area contributed by atoms with Crippen LogP contribution in [0.1, 0.15) is 53.6 Å². The van der Waals surface area contributed by atoms with Gasteiger partial charge in [0.15, 0.2) is 11.6 Å². The molecule has 1 unspecified atom stereocenters. The van der Waals surface area contributed by atoms with Gasteiger partial charge >= 0.3 is 5.97 Å². The molecular weight excluding hydrogens is 510 g/mol. The summed E-state index contributed by atoms with van der Waals surface area (Å²) in [6.07, 6.45) is 6.18. The fourth-order valence-corrected chi connectivity index (χ4v) is 5.96. The highest BCUT2D eigenvalue weighted by molar-refractivity contribution is 6.30. The number of benzene rings is 3. The van der Waals surface area contributed by atoms with E-state index in [2.05, 4.69) is 10.6 Å². The van der Waals surface area contributed by atoms with Gasteiger partial charge in [0.1, 0.15) is 5.66 Å². The van der Waals surface area contributed by atoms with Crippen molar-refractivity contribution in [2.75, 3.05) is 23.8 Å². The second-order valence-electron chi connectivity index (χ2n) is 10.2. The van der Waals surface area contributed by atoms with Crippen LogP contribution in [0.2, 0.25) is 5.02 Å². The van der Waals surface area contributed by atoms with E-state index >= 15 is 0 Å². The van der Waals surface area contributed by atoms with Gasteiger partial charge in [-0.15, -0.1) is 0 Å². The lowest BCUT2D eigenvalue weighted by Crippen LogP contribution is -2.51. The molecule has 0 saturated heterocycles. The first-order chi connectivity index (χ1) is 18.4. The highest BCUT2D eigenvalue weighted by Gasteiger charge is 2.48. The summed E-state index contributed by atoms with van der Waals surface area (Å²) in [5, 5.41) is 16.8. The summed E-state index contributed by atoms with van der Waals surface area (Å²) in [6.45, 7) is 0.891. The zero-order valence-electron chi connectivity index (χ0n) is 21.0. The van der Waals surface area contributed by atoms with Gasteiger partial charge in [-0.2, -0.15) is 0 Å². The number of nitrogens with one attached hydrogen (secondary N) is 2. The molecule has 3 aromatic rings. The lowest BCUT2D eigenvalue weighted by atomic mass is 9.72. The van der Waals surface area contributed by atoms with E-state index in [9.17, 15) is 13.6 Å². The molecule has 0 bridgehead atoms. The molecule has 8 heteroatoms. The van der Waals surface area contributed by atoms with Crippen molar-refractivity contribution in [3.8, 4) is 0 Å². The standard InChI is InChI=1S/C30H31ClF2N2O3/c31-23-12-10-22(11-13-23)30(34-27-16-25(32)26(33)17-28(27)35-30)24(20-4-2-1-3-5-20)18-38-15-14-19-6-8-21(9-7-19)29(36)37/h6-13,16-17,20,24,34-35H,1-5,14-15,18H2,(H,36,37). The third-order valence-corrected chi connectivity index (χ3v) is 8.08. The zero-order chi connectivity index (χ0) is 26.7. The van der Waals surface area contributed by atoms with Gasteiger partial charge in [-0.05, 0) is 60.6 Å². The minimum Gasteiger partial charge on any atom is -0.478 e. The van der Waals surface area contributed by atoms with Crippen LogP contribution in [-0.2, 0) is 16.8 Å². The van der Waals surface area contributed by atoms with Crippen LogP contribution in [0.15, 0.2) is 60.7 Å². The molecule has 1 aliphatic carbocycles. The number of hydrogen-bond donors (Lipinski definition) is 3. The van der Waals surface area contributed by atoms with Crippen LogP contribution in [0.3, 0.4) is 0 Å². The van der Waals surface area contributed by atoms with Crippen LogP contribution in [-0.4, -0.2) is 24.3 Å². The van der Waals surface area contributed by atoms with Gasteiger partial charge in [-0.1, -0.05) is 55.1 Å². The Hall–Kier alpha value is -3.16. The molecule has 3 N–H and O–H groups in total. The summed E-state index contributed by atoms with van der Waals surface area (Å²) < 4.78 is 34.7. The molecule has 5 rings (SSSR count). The van der Waals surface area contributed by atoms with Gasteiger partial charge in [-0.3, -0.25) is 0 Å². The third kappa shape index (κ3) is 5.49. The van der Waals surface area contributed by atoms with E-state index in [-0.39, 0.29) is 11.5 Å². The molecule has 0 radical (unpaired) electrons. The van der Waals surface area contributed by atoms with Crippen LogP contribution in [0.25, 0.3) is 0 Å². The molecule has 0 aromatic heterocycles. The summed E-state index contributed by atoms with van der Waals surface area (Å²) in [4.78, 5) is 11.1. The van der Waals surface area contributed by atoms with Crippen molar-refractivity contribution in [3.63, 3.8) is 0 Å². The fourth-order valence-electron chi connectivity index (χ4n) is 5.83.